The Hall–Kier alpha value is -2.36. The molecule has 1 atom stereocenters. The SMILES string of the molecule is C[C@H](Oc1cc(C(=O)NC2(CC(N)=O)COC2)ncc1C1CC1)C(F)(F)F. The molecule has 1 saturated carbocycles. The number of primary amides is 1. The van der Waals surface area contributed by atoms with Gasteiger partial charge in [-0.25, -0.2) is 0 Å². The van der Waals surface area contributed by atoms with Gasteiger partial charge in [0, 0.05) is 17.8 Å². The van der Waals surface area contributed by atoms with E-state index in [1.165, 1.54) is 12.3 Å². The third kappa shape index (κ3) is 4.49. The van der Waals surface area contributed by atoms with Crippen LogP contribution < -0.4 is 15.8 Å². The number of nitrogens with two attached hydrogens (primary N) is 1. The number of ether oxygens (including phenoxy) is 2. The minimum atomic E-state index is -4.53. The quantitative estimate of drug-likeness (QED) is 0.741. The van der Waals surface area contributed by atoms with Crippen LogP contribution in [0, 0.1) is 0 Å². The van der Waals surface area contributed by atoms with Crippen LogP contribution >= 0.6 is 0 Å². The number of nitrogens with one attached hydrogen (secondary N) is 1. The van der Waals surface area contributed by atoms with Gasteiger partial charge in [0.15, 0.2) is 6.10 Å². The Morgan fingerprint density at radius 2 is 2.11 bits per heavy atom. The van der Waals surface area contributed by atoms with Gasteiger partial charge < -0.3 is 20.5 Å². The summed E-state index contributed by atoms with van der Waals surface area (Å²) in [6, 6.07) is 1.21. The molecule has 1 aliphatic heterocycles. The molecule has 27 heavy (non-hydrogen) atoms. The fourth-order valence-electron chi connectivity index (χ4n) is 2.84. The van der Waals surface area contributed by atoms with Gasteiger partial charge in [-0.3, -0.25) is 14.6 Å². The van der Waals surface area contributed by atoms with Gasteiger partial charge in [-0.2, -0.15) is 13.2 Å². The fraction of sp³-hybridized carbons (Fsp3) is 0.588. The van der Waals surface area contributed by atoms with Crippen molar-refractivity contribution in [2.45, 2.75) is 49.9 Å². The van der Waals surface area contributed by atoms with Crippen molar-refractivity contribution in [2.75, 3.05) is 13.2 Å². The largest absolute Gasteiger partial charge is 0.481 e. The summed E-state index contributed by atoms with van der Waals surface area (Å²) in [5, 5.41) is 2.65. The number of amides is 2. The first-order chi connectivity index (χ1) is 12.6. The number of carbonyl (C=O) groups excluding carboxylic acids is 2. The van der Waals surface area contributed by atoms with E-state index in [0.29, 0.717) is 5.56 Å². The van der Waals surface area contributed by atoms with Gasteiger partial charge in [-0.1, -0.05) is 0 Å². The van der Waals surface area contributed by atoms with E-state index in [9.17, 15) is 22.8 Å². The number of hydrogen-bond acceptors (Lipinski definition) is 5. The maximum absolute atomic E-state index is 12.9. The summed E-state index contributed by atoms with van der Waals surface area (Å²) in [6.07, 6.45) is -3.60. The highest BCUT2D eigenvalue weighted by molar-refractivity contribution is 5.94. The third-order valence-corrected chi connectivity index (χ3v) is 4.56. The maximum atomic E-state index is 12.9. The first-order valence-corrected chi connectivity index (χ1v) is 8.51. The monoisotopic (exact) mass is 387 g/mol. The van der Waals surface area contributed by atoms with E-state index in [4.69, 9.17) is 15.2 Å². The smallest absolute Gasteiger partial charge is 0.425 e. The van der Waals surface area contributed by atoms with Crippen LogP contribution in [0.1, 0.15) is 48.2 Å². The zero-order valence-corrected chi connectivity index (χ0v) is 14.6. The molecule has 0 spiro atoms. The molecule has 2 heterocycles. The van der Waals surface area contributed by atoms with Crippen molar-refractivity contribution in [1.29, 1.82) is 0 Å². The number of carbonyl (C=O) groups is 2. The molecule has 7 nitrogen and oxygen atoms in total. The standard InChI is InChI=1S/C17H20F3N3O4/c1-9(17(18,19)20)27-13-4-12(22-6-11(13)10-2-3-10)15(25)23-16(5-14(21)24)7-26-8-16/h4,6,9-10H,2-3,5,7-8H2,1H3,(H2,21,24)(H,23,25)/t9-/m0/s1. The molecular formula is C17H20F3N3O4. The number of aromatic nitrogens is 1. The third-order valence-electron chi connectivity index (χ3n) is 4.56. The topological polar surface area (TPSA) is 104 Å². The second-order valence-electron chi connectivity index (χ2n) is 7.05. The average molecular weight is 387 g/mol. The molecule has 148 valence electrons. The molecule has 1 aliphatic carbocycles. The van der Waals surface area contributed by atoms with Gasteiger partial charge in [-0.05, 0) is 25.7 Å². The van der Waals surface area contributed by atoms with Crippen LogP contribution in [0.25, 0.3) is 0 Å². The number of rotatable bonds is 7. The predicted molar refractivity (Wildman–Crippen MR) is 87.2 cm³/mol. The Kier molecular flexibility index (Phi) is 5.02. The molecule has 0 radical (unpaired) electrons. The van der Waals surface area contributed by atoms with Gasteiger partial charge in [0.2, 0.25) is 5.91 Å². The Bertz CT molecular complexity index is 745. The average Bonchev–Trinajstić information content (AvgIpc) is 3.36. The van der Waals surface area contributed by atoms with E-state index < -0.39 is 29.6 Å². The summed E-state index contributed by atoms with van der Waals surface area (Å²) in [5.74, 6) is -1.15. The lowest BCUT2D eigenvalue weighted by Gasteiger charge is -2.41. The lowest BCUT2D eigenvalue weighted by molar-refractivity contribution is -0.189. The number of nitrogens with zero attached hydrogens (tertiary/aromatic N) is 1. The molecule has 10 heteroatoms. The molecule has 0 aromatic carbocycles. The van der Waals surface area contributed by atoms with Crippen molar-refractivity contribution in [3.63, 3.8) is 0 Å². The number of pyridine rings is 1. The van der Waals surface area contributed by atoms with Gasteiger partial charge in [-0.15, -0.1) is 0 Å². The highest BCUT2D eigenvalue weighted by Crippen LogP contribution is 2.44. The van der Waals surface area contributed by atoms with Gasteiger partial charge in [0.25, 0.3) is 5.91 Å². The first kappa shape index (κ1) is 19.4. The second kappa shape index (κ2) is 6.99. The van der Waals surface area contributed by atoms with Crippen molar-refractivity contribution >= 4 is 11.8 Å². The Balaban J connectivity index is 1.80. The van der Waals surface area contributed by atoms with E-state index >= 15 is 0 Å². The molecular weight excluding hydrogens is 367 g/mol. The van der Waals surface area contributed by atoms with Crippen molar-refractivity contribution in [3.8, 4) is 5.75 Å². The zero-order chi connectivity index (χ0) is 19.8. The van der Waals surface area contributed by atoms with Crippen LogP contribution in [0.4, 0.5) is 13.2 Å². The molecule has 2 aliphatic rings. The van der Waals surface area contributed by atoms with Crippen molar-refractivity contribution in [1.82, 2.24) is 10.3 Å². The summed E-state index contributed by atoms with van der Waals surface area (Å²) < 4.78 is 48.7. The molecule has 2 fully saturated rings. The lowest BCUT2D eigenvalue weighted by Crippen LogP contribution is -2.63. The normalized spacial score (nSPS) is 19.7. The van der Waals surface area contributed by atoms with Gasteiger partial charge in [0.1, 0.15) is 11.4 Å². The molecule has 3 rings (SSSR count). The van der Waals surface area contributed by atoms with Gasteiger partial charge in [0.05, 0.1) is 25.2 Å². The van der Waals surface area contributed by atoms with E-state index in [1.807, 2.05) is 0 Å². The van der Waals surface area contributed by atoms with Gasteiger partial charge >= 0.3 is 6.18 Å². The maximum Gasteiger partial charge on any atom is 0.425 e. The van der Waals surface area contributed by atoms with Crippen molar-refractivity contribution in [3.05, 3.63) is 23.5 Å². The second-order valence-corrected chi connectivity index (χ2v) is 7.05. The van der Waals surface area contributed by atoms with Crippen LogP contribution in [0.5, 0.6) is 5.75 Å². The van der Waals surface area contributed by atoms with Crippen LogP contribution in [0.2, 0.25) is 0 Å². The van der Waals surface area contributed by atoms with Crippen LogP contribution in [-0.4, -0.2) is 47.8 Å². The molecule has 0 bridgehead atoms. The molecule has 1 aromatic heterocycles. The lowest BCUT2D eigenvalue weighted by atomic mass is 9.92. The zero-order valence-electron chi connectivity index (χ0n) is 14.6. The molecule has 2 amide bonds. The minimum Gasteiger partial charge on any atom is -0.481 e. The van der Waals surface area contributed by atoms with Crippen LogP contribution in [-0.2, 0) is 9.53 Å². The molecule has 0 unspecified atom stereocenters. The van der Waals surface area contributed by atoms with E-state index in [0.717, 1.165) is 19.8 Å². The number of hydrogen-bond donors (Lipinski definition) is 2. The Morgan fingerprint density at radius 1 is 1.44 bits per heavy atom. The Morgan fingerprint density at radius 3 is 2.59 bits per heavy atom. The molecule has 1 saturated heterocycles. The van der Waals surface area contributed by atoms with E-state index in [2.05, 4.69) is 10.3 Å². The summed E-state index contributed by atoms with van der Waals surface area (Å²) in [6.45, 7) is 1.15. The summed E-state index contributed by atoms with van der Waals surface area (Å²) >= 11 is 0. The van der Waals surface area contributed by atoms with Crippen molar-refractivity contribution < 1.29 is 32.2 Å². The first-order valence-electron chi connectivity index (χ1n) is 8.51. The fourth-order valence-corrected chi connectivity index (χ4v) is 2.84. The highest BCUT2D eigenvalue weighted by atomic mass is 19.4. The summed E-state index contributed by atoms with van der Waals surface area (Å²) in [5.41, 5.74) is 4.74. The predicted octanol–water partition coefficient (Wildman–Crippen LogP) is 1.66. The molecule has 3 N–H and O–H groups in total. The van der Waals surface area contributed by atoms with E-state index in [1.54, 1.807) is 0 Å². The summed E-state index contributed by atoms with van der Waals surface area (Å²) in [4.78, 5) is 27.8. The minimum absolute atomic E-state index is 0.00344. The van der Waals surface area contributed by atoms with Crippen LogP contribution in [0.15, 0.2) is 12.3 Å². The number of halogens is 3. The van der Waals surface area contributed by atoms with Crippen molar-refractivity contribution in [2.24, 2.45) is 5.73 Å². The molecule has 1 aromatic rings. The number of alkyl halides is 3. The van der Waals surface area contributed by atoms with E-state index in [-0.39, 0.29) is 37.0 Å². The Labute approximate surface area is 153 Å². The summed E-state index contributed by atoms with van der Waals surface area (Å²) in [7, 11) is 0. The van der Waals surface area contributed by atoms with Crippen LogP contribution in [0.3, 0.4) is 0 Å². The highest BCUT2D eigenvalue weighted by Gasteiger charge is 2.42.